The van der Waals surface area contributed by atoms with Crippen LogP contribution in [0.4, 0.5) is 0 Å². The maximum Gasteiger partial charge on any atom is 0.308 e. The van der Waals surface area contributed by atoms with Gasteiger partial charge in [-0.25, -0.2) is 0 Å². The summed E-state index contributed by atoms with van der Waals surface area (Å²) < 4.78 is 0. The number of aliphatic hydroxyl groups is 1. The lowest BCUT2D eigenvalue weighted by atomic mass is 9.95. The number of hydrogen-bond acceptors (Lipinski definition) is 2. The molecule has 0 aromatic carbocycles. The molecule has 0 aromatic heterocycles. The van der Waals surface area contributed by atoms with Crippen LogP contribution >= 0.6 is 0 Å². The summed E-state index contributed by atoms with van der Waals surface area (Å²) in [6, 6.07) is 0. The second-order valence-electron chi connectivity index (χ2n) is 2.86. The molecule has 0 saturated heterocycles. The van der Waals surface area contributed by atoms with E-state index in [0.717, 1.165) is 0 Å². The van der Waals surface area contributed by atoms with Crippen LogP contribution in [0.3, 0.4) is 0 Å². The Hall–Kier alpha value is -0.570. The van der Waals surface area contributed by atoms with Crippen LogP contribution in [-0.2, 0) is 4.79 Å². The van der Waals surface area contributed by atoms with Crippen molar-refractivity contribution in [1.29, 1.82) is 0 Å². The van der Waals surface area contributed by atoms with Crippen molar-refractivity contribution in [2.75, 3.05) is 0 Å². The van der Waals surface area contributed by atoms with Gasteiger partial charge in [-0.1, -0.05) is 13.8 Å². The van der Waals surface area contributed by atoms with Gasteiger partial charge < -0.3 is 10.2 Å². The van der Waals surface area contributed by atoms with E-state index in [9.17, 15) is 9.90 Å². The summed E-state index contributed by atoms with van der Waals surface area (Å²) in [7, 11) is 0. The van der Waals surface area contributed by atoms with Crippen molar-refractivity contribution in [3.63, 3.8) is 0 Å². The predicted molar refractivity (Wildman–Crippen MR) is 37.6 cm³/mol. The van der Waals surface area contributed by atoms with E-state index in [2.05, 4.69) is 0 Å². The van der Waals surface area contributed by atoms with Crippen LogP contribution in [0.25, 0.3) is 0 Å². The Morgan fingerprint density at radius 1 is 1.30 bits per heavy atom. The second-order valence-corrected chi connectivity index (χ2v) is 2.86. The molecule has 0 rings (SSSR count). The van der Waals surface area contributed by atoms with Gasteiger partial charge in [0.15, 0.2) is 0 Å². The molecule has 0 fully saturated rings. The van der Waals surface area contributed by atoms with Crippen LogP contribution in [0.2, 0.25) is 0 Å². The van der Waals surface area contributed by atoms with Crippen molar-refractivity contribution in [3.05, 3.63) is 0 Å². The van der Waals surface area contributed by atoms with Crippen LogP contribution in [0.5, 0.6) is 0 Å². The number of aliphatic hydroxyl groups excluding tert-OH is 1. The molecule has 0 amide bonds. The lowest BCUT2D eigenvalue weighted by Crippen LogP contribution is -2.29. The fraction of sp³-hybridized carbons (Fsp3) is 0.857. The van der Waals surface area contributed by atoms with Crippen LogP contribution in [0.1, 0.15) is 20.8 Å². The van der Waals surface area contributed by atoms with E-state index in [0.29, 0.717) is 0 Å². The standard InChI is InChI=1S/C7H14O3/c1-4(2)6(8)5(3)7(9)10/h4-6,8H,1-3H3,(H,9,10)/t5-,6+/m0/s1. The predicted octanol–water partition coefficient (Wildman–Crippen LogP) is 0.724. The van der Waals surface area contributed by atoms with Crippen molar-refractivity contribution in [2.24, 2.45) is 11.8 Å². The highest BCUT2D eigenvalue weighted by atomic mass is 16.4. The van der Waals surface area contributed by atoms with Gasteiger partial charge >= 0.3 is 5.97 Å². The van der Waals surface area contributed by atoms with Crippen LogP contribution in [-0.4, -0.2) is 22.3 Å². The van der Waals surface area contributed by atoms with Crippen molar-refractivity contribution in [3.8, 4) is 0 Å². The molecule has 0 heterocycles. The zero-order valence-electron chi connectivity index (χ0n) is 6.53. The number of aliphatic carboxylic acids is 1. The summed E-state index contributed by atoms with van der Waals surface area (Å²) in [4.78, 5) is 10.3. The molecule has 2 atom stereocenters. The van der Waals surface area contributed by atoms with Gasteiger partial charge in [-0.05, 0) is 12.8 Å². The van der Waals surface area contributed by atoms with E-state index in [1.807, 2.05) is 0 Å². The third-order valence-electron chi connectivity index (χ3n) is 1.58. The van der Waals surface area contributed by atoms with E-state index in [1.54, 1.807) is 13.8 Å². The number of carbonyl (C=O) groups is 1. The summed E-state index contributed by atoms with van der Waals surface area (Å²) in [5.74, 6) is -1.60. The molecule has 0 saturated carbocycles. The van der Waals surface area contributed by atoms with Crippen molar-refractivity contribution in [1.82, 2.24) is 0 Å². The molecule has 0 aliphatic carbocycles. The maximum atomic E-state index is 10.3. The first kappa shape index (κ1) is 9.43. The van der Waals surface area contributed by atoms with E-state index < -0.39 is 18.0 Å². The lowest BCUT2D eigenvalue weighted by Gasteiger charge is -2.17. The minimum Gasteiger partial charge on any atom is -0.481 e. The Morgan fingerprint density at radius 3 is 1.80 bits per heavy atom. The van der Waals surface area contributed by atoms with E-state index in [4.69, 9.17) is 5.11 Å². The topological polar surface area (TPSA) is 57.5 Å². The first-order valence-corrected chi connectivity index (χ1v) is 3.37. The van der Waals surface area contributed by atoms with Gasteiger partial charge in [0.05, 0.1) is 12.0 Å². The molecule has 0 aliphatic rings. The molecule has 0 aliphatic heterocycles. The highest BCUT2D eigenvalue weighted by Gasteiger charge is 2.23. The number of carboxylic acids is 1. The molecule has 2 N–H and O–H groups in total. The largest absolute Gasteiger partial charge is 0.481 e. The van der Waals surface area contributed by atoms with Gasteiger partial charge in [0, 0.05) is 0 Å². The van der Waals surface area contributed by atoms with E-state index in [1.165, 1.54) is 6.92 Å². The van der Waals surface area contributed by atoms with Crippen LogP contribution in [0, 0.1) is 11.8 Å². The minimum atomic E-state index is -0.943. The van der Waals surface area contributed by atoms with Gasteiger partial charge in [0.25, 0.3) is 0 Å². The van der Waals surface area contributed by atoms with Gasteiger partial charge in [-0.2, -0.15) is 0 Å². The third kappa shape index (κ3) is 2.35. The average molecular weight is 146 g/mol. The molecule has 3 heteroatoms. The third-order valence-corrected chi connectivity index (χ3v) is 1.58. The van der Waals surface area contributed by atoms with Gasteiger partial charge in [0.1, 0.15) is 0 Å². The molecule has 0 aromatic rings. The van der Waals surface area contributed by atoms with Crippen molar-refractivity contribution < 1.29 is 15.0 Å². The van der Waals surface area contributed by atoms with Crippen molar-refractivity contribution in [2.45, 2.75) is 26.9 Å². The highest BCUT2D eigenvalue weighted by Crippen LogP contribution is 2.11. The van der Waals surface area contributed by atoms with Crippen LogP contribution < -0.4 is 0 Å². The number of hydrogen-bond donors (Lipinski definition) is 2. The fourth-order valence-electron chi connectivity index (χ4n) is 0.723. The smallest absolute Gasteiger partial charge is 0.308 e. The summed E-state index contributed by atoms with van der Waals surface area (Å²) >= 11 is 0. The maximum absolute atomic E-state index is 10.3. The first-order chi connectivity index (χ1) is 4.46. The molecule has 3 nitrogen and oxygen atoms in total. The minimum absolute atomic E-state index is 0.00565. The SMILES string of the molecule is CC(C)[C@@H](O)[C@H](C)C(=O)O. The Labute approximate surface area is 60.7 Å². The van der Waals surface area contributed by atoms with Gasteiger partial charge in [0.2, 0.25) is 0 Å². The molecular formula is C7H14O3. The monoisotopic (exact) mass is 146 g/mol. The lowest BCUT2D eigenvalue weighted by molar-refractivity contribution is -0.145. The van der Waals surface area contributed by atoms with Crippen molar-refractivity contribution >= 4 is 5.97 Å². The quantitative estimate of drug-likeness (QED) is 0.617. The first-order valence-electron chi connectivity index (χ1n) is 3.37. The molecule has 0 spiro atoms. The van der Waals surface area contributed by atoms with E-state index in [-0.39, 0.29) is 5.92 Å². The molecule has 0 bridgehead atoms. The summed E-state index contributed by atoms with van der Waals surface area (Å²) in [6.45, 7) is 5.10. The molecule has 0 unspecified atom stereocenters. The fourth-order valence-corrected chi connectivity index (χ4v) is 0.723. The molecule has 60 valence electrons. The summed E-state index contributed by atoms with van der Waals surface area (Å²) in [5, 5.41) is 17.6. The Bertz CT molecular complexity index is 120. The number of carboxylic acid groups (broad SMARTS) is 1. The Morgan fingerprint density at radius 2 is 1.70 bits per heavy atom. The van der Waals surface area contributed by atoms with Gasteiger partial charge in [-0.15, -0.1) is 0 Å². The number of rotatable bonds is 3. The normalized spacial score (nSPS) is 16.9. The van der Waals surface area contributed by atoms with Crippen LogP contribution in [0.15, 0.2) is 0 Å². The summed E-state index contributed by atoms with van der Waals surface area (Å²) in [5.41, 5.74) is 0. The van der Waals surface area contributed by atoms with Gasteiger partial charge in [-0.3, -0.25) is 4.79 Å². The van der Waals surface area contributed by atoms with E-state index >= 15 is 0 Å². The molecule has 0 radical (unpaired) electrons. The average Bonchev–Trinajstić information content (AvgIpc) is 1.84. The second kappa shape index (κ2) is 3.56. The molecular weight excluding hydrogens is 132 g/mol. The zero-order valence-corrected chi connectivity index (χ0v) is 6.53. The highest BCUT2D eigenvalue weighted by molar-refractivity contribution is 5.70. The zero-order chi connectivity index (χ0) is 8.31. The molecule has 10 heavy (non-hydrogen) atoms. The Kier molecular flexibility index (Phi) is 3.36. The Balaban J connectivity index is 3.94. The summed E-state index contributed by atoms with van der Waals surface area (Å²) in [6.07, 6.45) is -0.738.